The highest BCUT2D eigenvalue weighted by atomic mass is 127. The van der Waals surface area contributed by atoms with Gasteiger partial charge in [0.15, 0.2) is 0 Å². The molecule has 0 radical (unpaired) electrons. The first kappa shape index (κ1) is 19.1. The van der Waals surface area contributed by atoms with E-state index in [0.717, 1.165) is 50.0 Å². The standard InChI is InChI=1S/C19H22ClIN2O/c1-5-23(6-2)12-22-18-9-14(4)19(10-13(18)3)24-15-7-8-16(20)17(21)11-15/h7-12H,5-6H2,1-4H3. The number of rotatable bonds is 6. The minimum atomic E-state index is 0.733. The fraction of sp³-hybridized carbons (Fsp3) is 0.316. The molecule has 2 aromatic rings. The monoisotopic (exact) mass is 456 g/mol. The second-order valence-electron chi connectivity index (χ2n) is 5.55. The molecule has 0 spiro atoms. The zero-order valence-electron chi connectivity index (χ0n) is 14.4. The first-order valence-corrected chi connectivity index (χ1v) is 9.42. The Labute approximate surface area is 162 Å². The summed E-state index contributed by atoms with van der Waals surface area (Å²) in [6.45, 7) is 10.2. The molecule has 3 nitrogen and oxygen atoms in total. The average molecular weight is 457 g/mol. The maximum atomic E-state index is 6.06. The lowest BCUT2D eigenvalue weighted by molar-refractivity contribution is 0.477. The van der Waals surface area contributed by atoms with E-state index in [1.54, 1.807) is 0 Å². The normalized spacial score (nSPS) is 11.1. The van der Waals surface area contributed by atoms with E-state index in [2.05, 4.69) is 52.4 Å². The predicted molar refractivity (Wildman–Crippen MR) is 111 cm³/mol. The number of hydrogen-bond acceptors (Lipinski definition) is 2. The number of halogens is 2. The fourth-order valence-electron chi connectivity index (χ4n) is 2.22. The van der Waals surface area contributed by atoms with Crippen LogP contribution in [0.2, 0.25) is 5.02 Å². The maximum absolute atomic E-state index is 6.06. The SMILES string of the molecule is CCN(C=Nc1cc(C)c(Oc2ccc(Cl)c(I)c2)cc1C)CC. The van der Waals surface area contributed by atoms with Crippen molar-refractivity contribution in [1.29, 1.82) is 0 Å². The molecule has 0 N–H and O–H groups in total. The summed E-state index contributed by atoms with van der Waals surface area (Å²) in [6.07, 6.45) is 1.91. The molecular formula is C19H22ClIN2O. The van der Waals surface area contributed by atoms with Crippen LogP contribution in [0.25, 0.3) is 0 Å². The molecule has 128 valence electrons. The molecule has 0 aromatic heterocycles. The van der Waals surface area contributed by atoms with Crippen LogP contribution in [0.3, 0.4) is 0 Å². The van der Waals surface area contributed by atoms with Crippen LogP contribution in [0.15, 0.2) is 35.3 Å². The van der Waals surface area contributed by atoms with Gasteiger partial charge in [0.25, 0.3) is 0 Å². The molecule has 0 bridgehead atoms. The molecule has 24 heavy (non-hydrogen) atoms. The van der Waals surface area contributed by atoms with E-state index in [9.17, 15) is 0 Å². The summed E-state index contributed by atoms with van der Waals surface area (Å²) in [7, 11) is 0. The third-order valence-electron chi connectivity index (χ3n) is 3.78. The molecule has 0 saturated heterocycles. The summed E-state index contributed by atoms with van der Waals surface area (Å²) in [5.41, 5.74) is 3.11. The van der Waals surface area contributed by atoms with Gasteiger partial charge in [-0.15, -0.1) is 0 Å². The third kappa shape index (κ3) is 4.86. The van der Waals surface area contributed by atoms with Crippen molar-refractivity contribution in [2.45, 2.75) is 27.7 Å². The summed E-state index contributed by atoms with van der Waals surface area (Å²) in [6, 6.07) is 9.76. The minimum Gasteiger partial charge on any atom is -0.457 e. The molecule has 0 aliphatic heterocycles. The van der Waals surface area contributed by atoms with Gasteiger partial charge in [-0.25, -0.2) is 4.99 Å². The van der Waals surface area contributed by atoms with Gasteiger partial charge in [0.05, 0.1) is 17.0 Å². The topological polar surface area (TPSA) is 24.8 Å². The smallest absolute Gasteiger partial charge is 0.130 e. The highest BCUT2D eigenvalue weighted by Gasteiger charge is 2.08. The summed E-state index contributed by atoms with van der Waals surface area (Å²) in [5, 5.41) is 0.733. The van der Waals surface area contributed by atoms with Crippen molar-refractivity contribution in [1.82, 2.24) is 4.90 Å². The lowest BCUT2D eigenvalue weighted by Gasteiger charge is -2.15. The number of aliphatic imine (C=N–C) groups is 1. The van der Waals surface area contributed by atoms with E-state index in [4.69, 9.17) is 16.3 Å². The largest absolute Gasteiger partial charge is 0.457 e. The molecule has 0 amide bonds. The molecule has 0 aliphatic carbocycles. The van der Waals surface area contributed by atoms with Crippen LogP contribution in [-0.2, 0) is 0 Å². The summed E-state index contributed by atoms with van der Waals surface area (Å²) in [5.74, 6) is 1.62. The van der Waals surface area contributed by atoms with Gasteiger partial charge in [-0.05, 0) is 91.7 Å². The molecular weight excluding hydrogens is 435 g/mol. The molecule has 0 unspecified atom stereocenters. The van der Waals surface area contributed by atoms with Crippen LogP contribution in [0, 0.1) is 17.4 Å². The highest BCUT2D eigenvalue weighted by Crippen LogP contribution is 2.33. The quantitative estimate of drug-likeness (QED) is 0.287. The van der Waals surface area contributed by atoms with Crippen molar-refractivity contribution in [2.75, 3.05) is 13.1 Å². The molecule has 0 aliphatic rings. The van der Waals surface area contributed by atoms with Gasteiger partial charge in [-0.3, -0.25) is 0 Å². The summed E-state index contributed by atoms with van der Waals surface area (Å²) in [4.78, 5) is 6.77. The van der Waals surface area contributed by atoms with Gasteiger partial charge >= 0.3 is 0 Å². The van der Waals surface area contributed by atoms with E-state index in [0.29, 0.717) is 0 Å². The van der Waals surface area contributed by atoms with E-state index in [1.807, 2.05) is 44.5 Å². The van der Waals surface area contributed by atoms with E-state index >= 15 is 0 Å². The molecule has 0 atom stereocenters. The molecule has 5 heteroatoms. The minimum absolute atomic E-state index is 0.733. The van der Waals surface area contributed by atoms with Gasteiger partial charge in [-0.1, -0.05) is 11.6 Å². The van der Waals surface area contributed by atoms with E-state index < -0.39 is 0 Å². The third-order valence-corrected chi connectivity index (χ3v) is 5.33. The van der Waals surface area contributed by atoms with Gasteiger partial charge in [-0.2, -0.15) is 0 Å². The molecule has 0 heterocycles. The van der Waals surface area contributed by atoms with E-state index in [1.165, 1.54) is 0 Å². The second-order valence-corrected chi connectivity index (χ2v) is 7.12. The van der Waals surface area contributed by atoms with Gasteiger partial charge in [0, 0.05) is 16.7 Å². The number of aryl methyl sites for hydroxylation is 2. The molecule has 2 aromatic carbocycles. The van der Waals surface area contributed by atoms with E-state index in [-0.39, 0.29) is 0 Å². The number of ether oxygens (including phenoxy) is 1. The van der Waals surface area contributed by atoms with Crippen molar-refractivity contribution in [3.8, 4) is 11.5 Å². The van der Waals surface area contributed by atoms with Crippen molar-refractivity contribution in [3.05, 3.63) is 50.1 Å². The number of hydrogen-bond donors (Lipinski definition) is 0. The zero-order chi connectivity index (χ0) is 17.7. The molecule has 0 saturated carbocycles. The number of nitrogens with zero attached hydrogens (tertiary/aromatic N) is 2. The Bertz CT molecular complexity index is 742. The van der Waals surface area contributed by atoms with Crippen LogP contribution in [0.5, 0.6) is 11.5 Å². The Morgan fingerprint density at radius 3 is 2.46 bits per heavy atom. The van der Waals surface area contributed by atoms with Crippen LogP contribution < -0.4 is 4.74 Å². The summed E-state index contributed by atoms with van der Waals surface area (Å²) >= 11 is 8.26. The second kappa shape index (κ2) is 8.72. The Morgan fingerprint density at radius 1 is 1.12 bits per heavy atom. The van der Waals surface area contributed by atoms with Gasteiger partial charge < -0.3 is 9.64 Å². The lowest BCUT2D eigenvalue weighted by Crippen LogP contribution is -2.20. The van der Waals surface area contributed by atoms with Crippen LogP contribution in [0.4, 0.5) is 5.69 Å². The van der Waals surface area contributed by atoms with Crippen molar-refractivity contribution in [3.63, 3.8) is 0 Å². The first-order chi connectivity index (χ1) is 11.4. The van der Waals surface area contributed by atoms with Crippen LogP contribution >= 0.6 is 34.2 Å². The highest BCUT2D eigenvalue weighted by molar-refractivity contribution is 14.1. The fourth-order valence-corrected chi connectivity index (χ4v) is 2.83. The lowest BCUT2D eigenvalue weighted by atomic mass is 10.1. The Hall–Kier alpha value is -1.27. The zero-order valence-corrected chi connectivity index (χ0v) is 17.4. The maximum Gasteiger partial charge on any atom is 0.130 e. The number of benzene rings is 2. The summed E-state index contributed by atoms with van der Waals surface area (Å²) < 4.78 is 7.00. The average Bonchev–Trinajstić information content (AvgIpc) is 2.56. The van der Waals surface area contributed by atoms with Crippen LogP contribution in [-0.4, -0.2) is 24.3 Å². The molecule has 0 fully saturated rings. The van der Waals surface area contributed by atoms with Crippen LogP contribution in [0.1, 0.15) is 25.0 Å². The van der Waals surface area contributed by atoms with Crippen molar-refractivity contribution >= 4 is 46.2 Å². The van der Waals surface area contributed by atoms with Gasteiger partial charge in [0.2, 0.25) is 0 Å². The van der Waals surface area contributed by atoms with Crippen molar-refractivity contribution < 1.29 is 4.74 Å². The molecule has 2 rings (SSSR count). The Morgan fingerprint density at radius 2 is 1.83 bits per heavy atom. The van der Waals surface area contributed by atoms with Gasteiger partial charge in [0.1, 0.15) is 11.5 Å². The first-order valence-electron chi connectivity index (χ1n) is 7.97. The Balaban J connectivity index is 2.24. The predicted octanol–water partition coefficient (Wildman–Crippen LogP) is 6.36. The Kier molecular flexibility index (Phi) is 6.92. The van der Waals surface area contributed by atoms with Crippen molar-refractivity contribution in [2.24, 2.45) is 4.99 Å².